The highest BCUT2D eigenvalue weighted by atomic mass is 32.2. The maximum atomic E-state index is 12.3. The number of nitrogens with one attached hydrogen (secondary N) is 1. The summed E-state index contributed by atoms with van der Waals surface area (Å²) in [6, 6.07) is 7.16. The molecule has 3 rings (SSSR count). The lowest BCUT2D eigenvalue weighted by atomic mass is 10.2. The molecule has 1 amide bonds. The fourth-order valence-corrected chi connectivity index (χ4v) is 4.08. The van der Waals surface area contributed by atoms with Gasteiger partial charge in [0.25, 0.3) is 5.91 Å². The SMILES string of the molecule is CN(c1ccc2sc(C(=O)NC[C@H]3CCCO3)cc2c1)S(C)(=O)=O. The zero-order valence-electron chi connectivity index (χ0n) is 13.6. The Bertz CT molecular complexity index is 854. The van der Waals surface area contributed by atoms with E-state index in [0.29, 0.717) is 17.1 Å². The zero-order chi connectivity index (χ0) is 17.3. The van der Waals surface area contributed by atoms with Crippen molar-refractivity contribution in [3.8, 4) is 0 Å². The largest absolute Gasteiger partial charge is 0.376 e. The van der Waals surface area contributed by atoms with E-state index in [4.69, 9.17) is 4.74 Å². The van der Waals surface area contributed by atoms with E-state index in [1.807, 2.05) is 6.07 Å². The number of rotatable bonds is 5. The number of anilines is 1. The van der Waals surface area contributed by atoms with Crippen molar-refractivity contribution in [2.24, 2.45) is 0 Å². The number of fused-ring (bicyclic) bond motifs is 1. The minimum absolute atomic E-state index is 0.110. The van der Waals surface area contributed by atoms with Gasteiger partial charge < -0.3 is 10.1 Å². The molecule has 0 bridgehead atoms. The van der Waals surface area contributed by atoms with Crippen LogP contribution in [0.4, 0.5) is 5.69 Å². The summed E-state index contributed by atoms with van der Waals surface area (Å²) >= 11 is 1.39. The molecule has 0 unspecified atom stereocenters. The van der Waals surface area contributed by atoms with Gasteiger partial charge in [0.2, 0.25) is 10.0 Å². The smallest absolute Gasteiger partial charge is 0.261 e. The number of ether oxygens (including phenoxy) is 1. The van der Waals surface area contributed by atoms with Gasteiger partial charge in [-0.3, -0.25) is 9.10 Å². The lowest BCUT2D eigenvalue weighted by Crippen LogP contribution is -2.31. The van der Waals surface area contributed by atoms with Gasteiger partial charge in [-0.05, 0) is 42.5 Å². The second kappa shape index (κ2) is 6.70. The van der Waals surface area contributed by atoms with Crippen LogP contribution in [-0.2, 0) is 14.8 Å². The Hall–Kier alpha value is -1.64. The molecule has 0 radical (unpaired) electrons. The number of sulfonamides is 1. The highest BCUT2D eigenvalue weighted by Gasteiger charge is 2.18. The fourth-order valence-electron chi connectivity index (χ4n) is 2.63. The summed E-state index contributed by atoms with van der Waals surface area (Å²) in [5.41, 5.74) is 0.578. The predicted molar refractivity (Wildman–Crippen MR) is 96.4 cm³/mol. The van der Waals surface area contributed by atoms with Gasteiger partial charge in [0.1, 0.15) is 0 Å². The number of hydrogen-bond acceptors (Lipinski definition) is 5. The van der Waals surface area contributed by atoms with Gasteiger partial charge in [-0.15, -0.1) is 11.3 Å². The number of carbonyl (C=O) groups excluding carboxylic acids is 1. The van der Waals surface area contributed by atoms with E-state index in [0.717, 1.165) is 35.8 Å². The van der Waals surface area contributed by atoms with Crippen LogP contribution in [0.5, 0.6) is 0 Å². The molecule has 1 aromatic carbocycles. The van der Waals surface area contributed by atoms with E-state index < -0.39 is 10.0 Å². The summed E-state index contributed by atoms with van der Waals surface area (Å²) < 4.78 is 31.0. The quantitative estimate of drug-likeness (QED) is 0.878. The van der Waals surface area contributed by atoms with E-state index in [2.05, 4.69) is 5.32 Å². The van der Waals surface area contributed by atoms with Gasteiger partial charge in [-0.2, -0.15) is 0 Å². The molecule has 8 heteroatoms. The molecule has 0 saturated carbocycles. The number of thiophene rings is 1. The van der Waals surface area contributed by atoms with Gasteiger partial charge in [0.15, 0.2) is 0 Å². The Kier molecular flexibility index (Phi) is 4.80. The molecule has 1 atom stereocenters. The Balaban J connectivity index is 1.76. The number of nitrogens with zero attached hydrogens (tertiary/aromatic N) is 1. The van der Waals surface area contributed by atoms with Crippen molar-refractivity contribution in [2.45, 2.75) is 18.9 Å². The summed E-state index contributed by atoms with van der Waals surface area (Å²) in [4.78, 5) is 12.9. The van der Waals surface area contributed by atoms with Crippen molar-refractivity contribution in [3.05, 3.63) is 29.1 Å². The number of carbonyl (C=O) groups is 1. The minimum atomic E-state index is -3.31. The third-order valence-corrected chi connectivity index (χ3v) is 6.42. The molecule has 1 fully saturated rings. The minimum Gasteiger partial charge on any atom is -0.376 e. The van der Waals surface area contributed by atoms with Crippen LogP contribution in [0.3, 0.4) is 0 Å². The predicted octanol–water partition coefficient (Wildman–Crippen LogP) is 2.21. The molecule has 1 N–H and O–H groups in total. The molecular formula is C16H20N2O4S2. The fraction of sp³-hybridized carbons (Fsp3) is 0.438. The van der Waals surface area contributed by atoms with E-state index in [9.17, 15) is 13.2 Å². The summed E-state index contributed by atoms with van der Waals surface area (Å²) in [5, 5.41) is 3.76. The van der Waals surface area contributed by atoms with Crippen LogP contribution in [0.25, 0.3) is 10.1 Å². The maximum absolute atomic E-state index is 12.3. The van der Waals surface area contributed by atoms with Crippen molar-refractivity contribution in [2.75, 3.05) is 30.8 Å². The second-order valence-corrected chi connectivity index (χ2v) is 9.01. The Morgan fingerprint density at radius 2 is 2.21 bits per heavy atom. The first-order valence-electron chi connectivity index (χ1n) is 7.72. The van der Waals surface area contributed by atoms with Crippen LogP contribution in [0.1, 0.15) is 22.5 Å². The molecule has 1 aromatic heterocycles. The van der Waals surface area contributed by atoms with Crippen LogP contribution in [0.2, 0.25) is 0 Å². The number of hydrogen-bond donors (Lipinski definition) is 1. The molecule has 1 aliphatic heterocycles. The number of amides is 1. The zero-order valence-corrected chi connectivity index (χ0v) is 15.2. The maximum Gasteiger partial charge on any atom is 0.261 e. The van der Waals surface area contributed by atoms with Crippen molar-refractivity contribution in [3.63, 3.8) is 0 Å². The molecule has 0 spiro atoms. The van der Waals surface area contributed by atoms with Crippen molar-refractivity contribution >= 4 is 43.0 Å². The summed E-state index contributed by atoms with van der Waals surface area (Å²) in [6.07, 6.45) is 3.29. The monoisotopic (exact) mass is 368 g/mol. The number of benzene rings is 1. The summed E-state index contributed by atoms with van der Waals surface area (Å²) in [6.45, 7) is 1.29. The third-order valence-electron chi connectivity index (χ3n) is 4.10. The topological polar surface area (TPSA) is 75.7 Å². The third kappa shape index (κ3) is 3.71. The first-order chi connectivity index (χ1) is 11.3. The van der Waals surface area contributed by atoms with Gasteiger partial charge in [0.05, 0.1) is 22.9 Å². The highest BCUT2D eigenvalue weighted by molar-refractivity contribution is 7.92. The lowest BCUT2D eigenvalue weighted by Gasteiger charge is -2.16. The first kappa shape index (κ1) is 17.2. The van der Waals surface area contributed by atoms with Crippen molar-refractivity contribution in [1.29, 1.82) is 0 Å². The van der Waals surface area contributed by atoms with Crippen LogP contribution < -0.4 is 9.62 Å². The van der Waals surface area contributed by atoms with Gasteiger partial charge in [-0.1, -0.05) is 0 Å². The molecular weight excluding hydrogens is 348 g/mol. The van der Waals surface area contributed by atoms with Crippen LogP contribution in [-0.4, -0.2) is 46.9 Å². The first-order valence-corrected chi connectivity index (χ1v) is 10.4. The van der Waals surface area contributed by atoms with E-state index in [-0.39, 0.29) is 12.0 Å². The van der Waals surface area contributed by atoms with Crippen molar-refractivity contribution in [1.82, 2.24) is 5.32 Å². The van der Waals surface area contributed by atoms with Gasteiger partial charge in [-0.25, -0.2) is 8.42 Å². The van der Waals surface area contributed by atoms with Crippen LogP contribution in [0.15, 0.2) is 24.3 Å². The standard InChI is InChI=1S/C16H20N2O4S2/c1-18(24(2,20)21)12-5-6-14-11(8-12)9-15(23-14)16(19)17-10-13-4-3-7-22-13/h5-6,8-9,13H,3-4,7,10H2,1-2H3,(H,17,19)/t13-/m1/s1. The van der Waals surface area contributed by atoms with Crippen LogP contribution in [0, 0.1) is 0 Å². The van der Waals surface area contributed by atoms with Gasteiger partial charge >= 0.3 is 0 Å². The summed E-state index contributed by atoms with van der Waals surface area (Å²) in [7, 11) is -1.80. The Morgan fingerprint density at radius 3 is 2.88 bits per heavy atom. The molecule has 24 heavy (non-hydrogen) atoms. The van der Waals surface area contributed by atoms with E-state index in [1.54, 1.807) is 18.2 Å². The highest BCUT2D eigenvalue weighted by Crippen LogP contribution is 2.30. The molecule has 0 aliphatic carbocycles. The lowest BCUT2D eigenvalue weighted by molar-refractivity contribution is 0.0861. The average Bonchev–Trinajstić information content (AvgIpc) is 3.19. The molecule has 6 nitrogen and oxygen atoms in total. The molecule has 1 saturated heterocycles. The Labute approximate surface area is 145 Å². The van der Waals surface area contributed by atoms with Gasteiger partial charge in [0, 0.05) is 24.9 Å². The second-order valence-electron chi connectivity index (χ2n) is 5.91. The van der Waals surface area contributed by atoms with Crippen LogP contribution >= 0.6 is 11.3 Å². The normalized spacial score (nSPS) is 18.0. The summed E-state index contributed by atoms with van der Waals surface area (Å²) in [5.74, 6) is -0.121. The molecule has 2 heterocycles. The Morgan fingerprint density at radius 1 is 1.42 bits per heavy atom. The van der Waals surface area contributed by atoms with Crippen molar-refractivity contribution < 1.29 is 17.9 Å². The van der Waals surface area contributed by atoms with E-state index >= 15 is 0 Å². The molecule has 2 aromatic rings. The van der Waals surface area contributed by atoms with E-state index in [1.165, 1.54) is 22.7 Å². The molecule has 1 aliphatic rings. The molecule has 130 valence electrons. The average molecular weight is 368 g/mol.